The van der Waals surface area contributed by atoms with Crippen LogP contribution < -0.4 is 0 Å². The lowest BCUT2D eigenvalue weighted by molar-refractivity contribution is 0.0374. The third kappa shape index (κ3) is 2.40. The second-order valence-corrected chi connectivity index (χ2v) is 5.90. The highest BCUT2D eigenvalue weighted by molar-refractivity contribution is 7.81. The molecule has 1 rings (SSSR count). The molecule has 0 saturated heterocycles. The molecule has 3 unspecified atom stereocenters. The van der Waals surface area contributed by atoms with Gasteiger partial charge in [0.15, 0.2) is 0 Å². The van der Waals surface area contributed by atoms with Gasteiger partial charge < -0.3 is 5.11 Å². The van der Waals surface area contributed by atoms with E-state index in [1.807, 2.05) is 0 Å². The zero-order valence-corrected chi connectivity index (χ0v) is 9.14. The van der Waals surface area contributed by atoms with E-state index in [2.05, 4.69) is 33.4 Å². The Labute approximate surface area is 81.0 Å². The molecule has 72 valence electrons. The van der Waals surface area contributed by atoms with Crippen molar-refractivity contribution in [3.05, 3.63) is 0 Å². The molecule has 0 aromatic carbocycles. The summed E-state index contributed by atoms with van der Waals surface area (Å²) in [5, 5.41) is 9.77. The molecule has 1 aliphatic rings. The van der Waals surface area contributed by atoms with Crippen LogP contribution in [0.5, 0.6) is 0 Å². The first kappa shape index (κ1) is 10.4. The van der Waals surface area contributed by atoms with Crippen LogP contribution in [-0.2, 0) is 0 Å². The van der Waals surface area contributed by atoms with Crippen molar-refractivity contribution in [1.82, 2.24) is 0 Å². The molecule has 0 radical (unpaired) electrons. The van der Waals surface area contributed by atoms with E-state index in [9.17, 15) is 5.11 Å². The highest BCUT2D eigenvalue weighted by atomic mass is 32.1. The van der Waals surface area contributed by atoms with Crippen molar-refractivity contribution in [2.75, 3.05) is 0 Å². The maximum Gasteiger partial charge on any atom is 0.0581 e. The van der Waals surface area contributed by atoms with E-state index in [1.54, 1.807) is 0 Å². The highest BCUT2D eigenvalue weighted by Gasteiger charge is 2.35. The number of aliphatic hydroxyl groups excluding tert-OH is 1. The van der Waals surface area contributed by atoms with Crippen LogP contribution in [0.4, 0.5) is 0 Å². The van der Waals surface area contributed by atoms with E-state index in [0.29, 0.717) is 5.92 Å². The summed E-state index contributed by atoms with van der Waals surface area (Å²) in [7, 11) is 0. The number of aliphatic hydroxyl groups is 1. The van der Waals surface area contributed by atoms with Gasteiger partial charge in [-0.1, -0.05) is 20.8 Å². The monoisotopic (exact) mass is 188 g/mol. The summed E-state index contributed by atoms with van der Waals surface area (Å²) in [5.41, 5.74) is 0. The van der Waals surface area contributed by atoms with Crippen molar-refractivity contribution in [3.8, 4) is 0 Å². The van der Waals surface area contributed by atoms with Gasteiger partial charge in [0.2, 0.25) is 0 Å². The molecule has 2 heteroatoms. The summed E-state index contributed by atoms with van der Waals surface area (Å²) >= 11 is 4.54. The highest BCUT2D eigenvalue weighted by Crippen LogP contribution is 2.38. The van der Waals surface area contributed by atoms with Crippen LogP contribution >= 0.6 is 12.6 Å². The van der Waals surface area contributed by atoms with Gasteiger partial charge in [-0.15, -0.1) is 0 Å². The fourth-order valence-corrected chi connectivity index (χ4v) is 2.40. The average Bonchev–Trinajstić information content (AvgIpc) is 1.92. The largest absolute Gasteiger partial charge is 0.393 e. The third-order valence-electron chi connectivity index (χ3n) is 2.98. The summed E-state index contributed by atoms with van der Waals surface area (Å²) in [6.45, 7) is 6.46. The second kappa shape index (κ2) is 3.59. The van der Waals surface area contributed by atoms with E-state index >= 15 is 0 Å². The lowest BCUT2D eigenvalue weighted by atomic mass is 9.74. The summed E-state index contributed by atoms with van der Waals surface area (Å²) in [6, 6.07) is 0. The Bertz CT molecular complexity index is 150. The molecule has 12 heavy (non-hydrogen) atoms. The van der Waals surface area contributed by atoms with Crippen LogP contribution in [0.3, 0.4) is 0 Å². The Morgan fingerprint density at radius 3 is 2.33 bits per heavy atom. The molecular weight excluding hydrogens is 168 g/mol. The standard InChI is InChI=1S/C10H20OS/c1-7-4-5-9(11)8(6-7)10(2,3)12/h7-9,11-12H,4-6H2,1-3H3. The van der Waals surface area contributed by atoms with Crippen molar-refractivity contribution >= 4 is 12.6 Å². The summed E-state index contributed by atoms with van der Waals surface area (Å²) in [4.78, 5) is 0. The minimum absolute atomic E-state index is 0.0336. The number of hydrogen-bond acceptors (Lipinski definition) is 2. The maximum atomic E-state index is 9.77. The summed E-state index contributed by atoms with van der Waals surface area (Å²) < 4.78 is -0.0336. The average molecular weight is 188 g/mol. The minimum Gasteiger partial charge on any atom is -0.393 e. The van der Waals surface area contributed by atoms with Crippen molar-refractivity contribution in [2.45, 2.75) is 50.9 Å². The van der Waals surface area contributed by atoms with Gasteiger partial charge in [-0.25, -0.2) is 0 Å². The summed E-state index contributed by atoms with van der Waals surface area (Å²) in [6.07, 6.45) is 3.11. The molecule has 0 aromatic heterocycles. The molecule has 1 nitrogen and oxygen atoms in total. The normalized spacial score (nSPS) is 38.2. The van der Waals surface area contributed by atoms with Crippen LogP contribution in [0.15, 0.2) is 0 Å². The molecular formula is C10H20OS. The number of hydrogen-bond donors (Lipinski definition) is 2. The van der Waals surface area contributed by atoms with Crippen molar-refractivity contribution < 1.29 is 5.11 Å². The Balaban J connectivity index is 2.61. The van der Waals surface area contributed by atoms with E-state index in [-0.39, 0.29) is 10.9 Å². The molecule has 1 fully saturated rings. The van der Waals surface area contributed by atoms with Crippen molar-refractivity contribution in [2.24, 2.45) is 11.8 Å². The van der Waals surface area contributed by atoms with Crippen LogP contribution in [0.2, 0.25) is 0 Å². The van der Waals surface area contributed by atoms with Crippen molar-refractivity contribution in [3.63, 3.8) is 0 Å². The molecule has 0 aliphatic heterocycles. The fraction of sp³-hybridized carbons (Fsp3) is 1.00. The maximum absolute atomic E-state index is 9.77. The van der Waals surface area contributed by atoms with Gasteiger partial charge in [0.05, 0.1) is 6.10 Å². The molecule has 0 aromatic rings. The zero-order chi connectivity index (χ0) is 9.35. The molecule has 1 N–H and O–H groups in total. The third-order valence-corrected chi connectivity index (χ3v) is 3.32. The van der Waals surface area contributed by atoms with Gasteiger partial charge in [0.1, 0.15) is 0 Å². The second-order valence-electron chi connectivity index (χ2n) is 4.75. The molecule has 0 amide bonds. The summed E-state index contributed by atoms with van der Waals surface area (Å²) in [5.74, 6) is 1.12. The molecule has 0 heterocycles. The Kier molecular flexibility index (Phi) is 3.11. The van der Waals surface area contributed by atoms with Crippen LogP contribution in [-0.4, -0.2) is 16.0 Å². The molecule has 1 saturated carbocycles. The topological polar surface area (TPSA) is 20.2 Å². The van der Waals surface area contributed by atoms with E-state index in [1.165, 1.54) is 6.42 Å². The lowest BCUT2D eigenvalue weighted by Crippen LogP contribution is -2.39. The molecule has 1 aliphatic carbocycles. The Hall–Kier alpha value is 0.310. The van der Waals surface area contributed by atoms with E-state index in [4.69, 9.17) is 0 Å². The van der Waals surface area contributed by atoms with Gasteiger partial charge in [-0.2, -0.15) is 12.6 Å². The van der Waals surface area contributed by atoms with E-state index < -0.39 is 0 Å². The van der Waals surface area contributed by atoms with Crippen LogP contribution in [0, 0.1) is 11.8 Å². The first-order valence-corrected chi connectivity index (χ1v) is 5.26. The van der Waals surface area contributed by atoms with E-state index in [0.717, 1.165) is 18.8 Å². The van der Waals surface area contributed by atoms with Gasteiger partial charge in [-0.3, -0.25) is 0 Å². The lowest BCUT2D eigenvalue weighted by Gasteiger charge is -2.39. The number of thiol groups is 1. The van der Waals surface area contributed by atoms with Crippen LogP contribution in [0.1, 0.15) is 40.0 Å². The number of rotatable bonds is 1. The predicted octanol–water partition coefficient (Wildman–Crippen LogP) is 2.49. The Morgan fingerprint density at radius 1 is 1.33 bits per heavy atom. The SMILES string of the molecule is CC1CCC(O)C(C(C)(C)S)C1. The first-order chi connectivity index (χ1) is 5.41. The molecule has 0 spiro atoms. The van der Waals surface area contributed by atoms with Crippen molar-refractivity contribution in [1.29, 1.82) is 0 Å². The van der Waals surface area contributed by atoms with Gasteiger partial charge in [0, 0.05) is 4.75 Å². The quantitative estimate of drug-likeness (QED) is 0.606. The minimum atomic E-state index is -0.131. The zero-order valence-electron chi connectivity index (χ0n) is 8.25. The van der Waals surface area contributed by atoms with Gasteiger partial charge >= 0.3 is 0 Å². The van der Waals surface area contributed by atoms with Crippen LogP contribution in [0.25, 0.3) is 0 Å². The molecule has 0 bridgehead atoms. The fourth-order valence-electron chi connectivity index (χ4n) is 2.12. The van der Waals surface area contributed by atoms with Gasteiger partial charge in [0.25, 0.3) is 0 Å². The first-order valence-electron chi connectivity index (χ1n) is 4.81. The molecule has 3 atom stereocenters. The predicted molar refractivity (Wildman–Crippen MR) is 55.6 cm³/mol. The Morgan fingerprint density at radius 2 is 1.92 bits per heavy atom. The van der Waals surface area contributed by atoms with Gasteiger partial charge in [-0.05, 0) is 31.1 Å². The smallest absolute Gasteiger partial charge is 0.0581 e.